The first kappa shape index (κ1) is 21.5. The molecule has 1 spiro atoms. The molecule has 0 saturated carbocycles. The largest absolute Gasteiger partial charge is 0.375 e. The molecule has 1 atom stereocenters. The number of ether oxygens (including phenoxy) is 1. The summed E-state index contributed by atoms with van der Waals surface area (Å²) in [6, 6.07) is 4.03. The Kier molecular flexibility index (Phi) is 6.64. The van der Waals surface area contributed by atoms with E-state index in [9.17, 15) is 17.6 Å². The minimum absolute atomic E-state index is 0.0551. The number of hydrogen-bond donors (Lipinski definition) is 1. The van der Waals surface area contributed by atoms with E-state index in [-0.39, 0.29) is 16.5 Å². The van der Waals surface area contributed by atoms with Gasteiger partial charge < -0.3 is 9.64 Å². The van der Waals surface area contributed by atoms with Crippen LogP contribution in [0.3, 0.4) is 0 Å². The van der Waals surface area contributed by atoms with Gasteiger partial charge in [0, 0.05) is 31.8 Å². The summed E-state index contributed by atoms with van der Waals surface area (Å²) >= 11 is 5.79. The molecule has 1 amide bonds. The molecule has 0 bridgehead atoms. The first-order valence-electron chi connectivity index (χ1n) is 9.50. The number of hydrogen-bond acceptors (Lipinski definition) is 4. The van der Waals surface area contributed by atoms with Crippen LogP contribution in [0.2, 0.25) is 5.02 Å². The molecule has 0 aliphatic carbocycles. The van der Waals surface area contributed by atoms with Gasteiger partial charge in [-0.15, -0.1) is 0 Å². The van der Waals surface area contributed by atoms with Crippen LogP contribution in [0.4, 0.5) is 4.39 Å². The van der Waals surface area contributed by atoms with E-state index < -0.39 is 15.8 Å². The fourth-order valence-corrected chi connectivity index (χ4v) is 4.77. The SMILES string of the molecule is CS(=O)(=O)NCCC1CCOC2(CCN(C(=O)c3ccc(F)c(Cl)c3)CC2)C1. The van der Waals surface area contributed by atoms with Crippen molar-refractivity contribution in [3.8, 4) is 0 Å². The molecule has 2 aliphatic rings. The lowest BCUT2D eigenvalue weighted by molar-refractivity contribution is -0.124. The van der Waals surface area contributed by atoms with Crippen LogP contribution in [0.15, 0.2) is 18.2 Å². The number of rotatable bonds is 5. The van der Waals surface area contributed by atoms with Crippen LogP contribution in [-0.2, 0) is 14.8 Å². The number of benzene rings is 1. The van der Waals surface area contributed by atoms with Gasteiger partial charge in [-0.2, -0.15) is 0 Å². The topological polar surface area (TPSA) is 75.7 Å². The fourth-order valence-electron chi connectivity index (χ4n) is 4.10. The van der Waals surface area contributed by atoms with Crippen molar-refractivity contribution in [3.05, 3.63) is 34.6 Å². The lowest BCUT2D eigenvalue weighted by atomic mass is 9.78. The zero-order valence-corrected chi connectivity index (χ0v) is 17.5. The molecule has 3 rings (SSSR count). The second-order valence-corrected chi connectivity index (χ2v) is 10.0. The van der Waals surface area contributed by atoms with E-state index in [4.69, 9.17) is 16.3 Å². The summed E-state index contributed by atoms with van der Waals surface area (Å²) in [5.41, 5.74) is 0.141. The van der Waals surface area contributed by atoms with Crippen molar-refractivity contribution in [1.29, 1.82) is 0 Å². The Morgan fingerprint density at radius 1 is 1.39 bits per heavy atom. The third-order valence-corrected chi connectivity index (χ3v) is 6.66. The number of nitrogens with zero attached hydrogens (tertiary/aromatic N) is 1. The zero-order valence-electron chi connectivity index (χ0n) is 15.9. The molecule has 1 unspecified atom stereocenters. The molecule has 0 aromatic heterocycles. The molecule has 9 heteroatoms. The molecule has 2 heterocycles. The van der Waals surface area contributed by atoms with Crippen LogP contribution in [0, 0.1) is 11.7 Å². The van der Waals surface area contributed by atoms with E-state index in [1.54, 1.807) is 4.90 Å². The lowest BCUT2D eigenvalue weighted by Gasteiger charge is -2.46. The van der Waals surface area contributed by atoms with Gasteiger partial charge >= 0.3 is 0 Å². The number of carbonyl (C=O) groups is 1. The zero-order chi connectivity index (χ0) is 20.4. The van der Waals surface area contributed by atoms with Crippen molar-refractivity contribution in [3.63, 3.8) is 0 Å². The molecule has 2 saturated heterocycles. The summed E-state index contributed by atoms with van der Waals surface area (Å²) in [4.78, 5) is 14.4. The highest BCUT2D eigenvalue weighted by molar-refractivity contribution is 7.88. The number of carbonyl (C=O) groups excluding carboxylic acids is 1. The van der Waals surface area contributed by atoms with Gasteiger partial charge in [0.05, 0.1) is 16.9 Å². The quantitative estimate of drug-likeness (QED) is 0.776. The van der Waals surface area contributed by atoms with Crippen LogP contribution in [-0.4, -0.2) is 57.3 Å². The van der Waals surface area contributed by atoms with Gasteiger partial charge in [-0.25, -0.2) is 17.5 Å². The standard InChI is InChI=1S/C19H26ClFN2O4S/c1-28(25,26)22-8-4-14-5-11-27-19(13-14)6-9-23(10-7-19)18(24)15-2-3-17(21)16(20)12-15/h2-3,12,14,22H,4-11,13H2,1H3. The number of piperidine rings is 1. The summed E-state index contributed by atoms with van der Waals surface area (Å²) in [5.74, 6) is -0.287. The Labute approximate surface area is 170 Å². The Hall–Kier alpha value is -1.22. The van der Waals surface area contributed by atoms with Crippen molar-refractivity contribution < 1.29 is 22.3 Å². The van der Waals surface area contributed by atoms with Crippen LogP contribution < -0.4 is 4.72 Å². The predicted octanol–water partition coefficient (Wildman–Crippen LogP) is 2.82. The Balaban J connectivity index is 1.54. The Morgan fingerprint density at radius 2 is 2.11 bits per heavy atom. The van der Waals surface area contributed by atoms with E-state index in [1.165, 1.54) is 24.5 Å². The molecule has 1 aromatic rings. The monoisotopic (exact) mass is 432 g/mol. The first-order valence-corrected chi connectivity index (χ1v) is 11.8. The molecule has 2 fully saturated rings. The van der Waals surface area contributed by atoms with Gasteiger partial charge in [-0.1, -0.05) is 11.6 Å². The van der Waals surface area contributed by atoms with Crippen molar-refractivity contribution in [2.75, 3.05) is 32.5 Å². The van der Waals surface area contributed by atoms with Crippen LogP contribution in [0.25, 0.3) is 0 Å². The Bertz CT molecular complexity index is 825. The molecule has 6 nitrogen and oxygen atoms in total. The maximum absolute atomic E-state index is 13.3. The van der Waals surface area contributed by atoms with Gasteiger partial charge in [0.2, 0.25) is 10.0 Å². The third kappa shape index (κ3) is 5.43. The van der Waals surface area contributed by atoms with Crippen molar-refractivity contribution >= 4 is 27.5 Å². The highest BCUT2D eigenvalue weighted by atomic mass is 35.5. The highest BCUT2D eigenvalue weighted by Crippen LogP contribution is 2.39. The third-order valence-electron chi connectivity index (χ3n) is 5.64. The van der Waals surface area contributed by atoms with Gasteiger partial charge in [0.25, 0.3) is 5.91 Å². The second kappa shape index (κ2) is 8.65. The first-order chi connectivity index (χ1) is 13.2. The number of amides is 1. The second-order valence-electron chi connectivity index (χ2n) is 7.77. The summed E-state index contributed by atoms with van der Waals surface area (Å²) < 4.78 is 44.4. The van der Waals surface area contributed by atoms with Crippen molar-refractivity contribution in [2.45, 2.75) is 37.7 Å². The number of likely N-dealkylation sites (tertiary alicyclic amines) is 1. The van der Waals surface area contributed by atoms with Gasteiger partial charge in [0.15, 0.2) is 0 Å². The smallest absolute Gasteiger partial charge is 0.253 e. The van der Waals surface area contributed by atoms with Crippen LogP contribution >= 0.6 is 11.6 Å². The highest BCUT2D eigenvalue weighted by Gasteiger charge is 2.41. The number of nitrogens with one attached hydrogen (secondary N) is 1. The van der Waals surface area contributed by atoms with Gasteiger partial charge in [0.1, 0.15) is 5.82 Å². The van der Waals surface area contributed by atoms with E-state index >= 15 is 0 Å². The van der Waals surface area contributed by atoms with Gasteiger partial charge in [-0.3, -0.25) is 4.79 Å². The van der Waals surface area contributed by atoms with Crippen LogP contribution in [0.5, 0.6) is 0 Å². The number of halogens is 2. The summed E-state index contributed by atoms with van der Waals surface area (Å²) in [6.07, 6.45) is 5.23. The van der Waals surface area contributed by atoms with E-state index in [0.29, 0.717) is 37.7 Å². The normalized spacial score (nSPS) is 22.4. The molecule has 2 aliphatic heterocycles. The van der Waals surface area contributed by atoms with E-state index in [1.807, 2.05) is 0 Å². The average Bonchev–Trinajstić information content (AvgIpc) is 2.63. The molecule has 0 radical (unpaired) electrons. The minimum Gasteiger partial charge on any atom is -0.375 e. The maximum atomic E-state index is 13.3. The predicted molar refractivity (Wildman–Crippen MR) is 105 cm³/mol. The minimum atomic E-state index is -3.17. The molecular weight excluding hydrogens is 407 g/mol. The summed E-state index contributed by atoms with van der Waals surface area (Å²) in [5, 5.41) is -0.0551. The molecule has 1 N–H and O–H groups in total. The summed E-state index contributed by atoms with van der Waals surface area (Å²) in [7, 11) is -3.17. The van der Waals surface area contributed by atoms with Crippen molar-refractivity contribution in [1.82, 2.24) is 9.62 Å². The number of sulfonamides is 1. The Morgan fingerprint density at radius 3 is 2.75 bits per heavy atom. The van der Waals surface area contributed by atoms with E-state index in [0.717, 1.165) is 32.1 Å². The molecular formula is C19H26ClFN2O4S. The maximum Gasteiger partial charge on any atom is 0.253 e. The average molecular weight is 433 g/mol. The fraction of sp³-hybridized carbons (Fsp3) is 0.632. The van der Waals surface area contributed by atoms with E-state index in [2.05, 4.69) is 4.72 Å². The van der Waals surface area contributed by atoms with Crippen molar-refractivity contribution in [2.24, 2.45) is 5.92 Å². The molecule has 28 heavy (non-hydrogen) atoms. The van der Waals surface area contributed by atoms with Crippen LogP contribution in [0.1, 0.15) is 42.5 Å². The lowest BCUT2D eigenvalue weighted by Crippen LogP contribution is -2.51. The molecule has 1 aromatic carbocycles. The summed E-state index contributed by atoms with van der Waals surface area (Å²) in [6.45, 7) is 2.24. The van der Waals surface area contributed by atoms with Gasteiger partial charge in [-0.05, 0) is 56.2 Å². The molecule has 156 valence electrons.